The van der Waals surface area contributed by atoms with Gasteiger partial charge in [0.1, 0.15) is 13.2 Å². The van der Waals surface area contributed by atoms with Crippen LogP contribution in [0.4, 0.5) is 10.5 Å². The number of aryl methyl sites for hydroxylation is 1. The Bertz CT molecular complexity index is 1480. The molecule has 1 aliphatic rings. The molecule has 1 heterocycles. The smallest absolute Gasteiger partial charge is 0.294 e. The second-order valence-electron chi connectivity index (χ2n) is 8.42. The molecule has 0 aliphatic carbocycles. The normalized spacial score (nSPS) is 14.2. The summed E-state index contributed by atoms with van der Waals surface area (Å²) in [5.74, 6) is 0.0260. The monoisotopic (exact) mass is 696 g/mol. The molecule has 7 nitrogen and oxygen atoms in total. The summed E-state index contributed by atoms with van der Waals surface area (Å²) in [4.78, 5) is 39.3. The van der Waals surface area contributed by atoms with Crippen LogP contribution in [0.25, 0.3) is 6.08 Å². The molecule has 4 rings (SSSR count). The minimum atomic E-state index is -0.532. The van der Waals surface area contributed by atoms with Crippen LogP contribution in [0.15, 0.2) is 59.5 Å². The first kappa shape index (κ1) is 29.3. The third kappa shape index (κ3) is 7.27. The number of nitrogens with zero attached hydrogens (tertiary/aromatic N) is 1. The minimum Gasteiger partial charge on any atom is -0.490 e. The molecule has 1 aliphatic heterocycles. The van der Waals surface area contributed by atoms with Gasteiger partial charge < -0.3 is 14.8 Å². The quantitative estimate of drug-likeness (QED) is 0.184. The van der Waals surface area contributed by atoms with E-state index in [4.69, 9.17) is 32.7 Å². The molecule has 0 saturated carbocycles. The first-order chi connectivity index (χ1) is 18.7. The van der Waals surface area contributed by atoms with Crippen LogP contribution in [0.3, 0.4) is 0 Å². The second kappa shape index (κ2) is 13.1. The molecule has 1 saturated heterocycles. The maximum atomic E-state index is 13.0. The van der Waals surface area contributed by atoms with Crippen molar-refractivity contribution in [3.63, 3.8) is 0 Å². The molecule has 0 atom stereocenters. The SMILES string of the molecule is CCOc1cc(/C=C2/SC(=O)N(CC(=O)Nc3ccccc3C)C2=O)cc(I)c1OCc1ccc(Cl)cc1Cl. The molecule has 0 radical (unpaired) electrons. The highest BCUT2D eigenvalue weighted by atomic mass is 127. The minimum absolute atomic E-state index is 0.203. The zero-order chi connectivity index (χ0) is 28.1. The summed E-state index contributed by atoms with van der Waals surface area (Å²) in [5, 5.41) is 3.27. The van der Waals surface area contributed by atoms with E-state index in [1.165, 1.54) is 0 Å². The van der Waals surface area contributed by atoms with Crippen LogP contribution in [0.1, 0.15) is 23.6 Å². The first-order valence-corrected chi connectivity index (χ1v) is 14.4. The summed E-state index contributed by atoms with van der Waals surface area (Å²) in [6.07, 6.45) is 1.61. The second-order valence-corrected chi connectivity index (χ2v) is 11.4. The Morgan fingerprint density at radius 1 is 1.10 bits per heavy atom. The van der Waals surface area contributed by atoms with Crippen molar-refractivity contribution in [1.29, 1.82) is 0 Å². The van der Waals surface area contributed by atoms with E-state index < -0.39 is 17.1 Å². The Morgan fingerprint density at radius 2 is 1.87 bits per heavy atom. The molecular formula is C28H23Cl2IN2O5S. The molecule has 0 aromatic heterocycles. The lowest BCUT2D eigenvalue weighted by Gasteiger charge is -2.15. The number of halogens is 3. The number of hydrogen-bond donors (Lipinski definition) is 1. The van der Waals surface area contributed by atoms with Crippen LogP contribution in [0.5, 0.6) is 11.5 Å². The number of rotatable bonds is 9. The number of carbonyl (C=O) groups excluding carboxylic acids is 3. The van der Waals surface area contributed by atoms with Gasteiger partial charge in [0, 0.05) is 21.3 Å². The molecule has 0 unspecified atom stereocenters. The molecule has 202 valence electrons. The predicted molar refractivity (Wildman–Crippen MR) is 164 cm³/mol. The number of thioether (sulfide) groups is 1. The van der Waals surface area contributed by atoms with E-state index in [0.717, 1.165) is 31.4 Å². The number of amides is 3. The van der Waals surface area contributed by atoms with Crippen molar-refractivity contribution in [3.05, 3.63) is 89.8 Å². The van der Waals surface area contributed by atoms with Gasteiger partial charge in [-0.25, -0.2) is 0 Å². The molecule has 3 aromatic rings. The van der Waals surface area contributed by atoms with E-state index in [9.17, 15) is 14.4 Å². The zero-order valence-corrected chi connectivity index (χ0v) is 25.4. The number of benzene rings is 3. The lowest BCUT2D eigenvalue weighted by molar-refractivity contribution is -0.127. The Kier molecular flexibility index (Phi) is 9.81. The van der Waals surface area contributed by atoms with Crippen molar-refractivity contribution in [2.75, 3.05) is 18.5 Å². The van der Waals surface area contributed by atoms with E-state index in [2.05, 4.69) is 27.9 Å². The molecule has 39 heavy (non-hydrogen) atoms. The number of anilines is 1. The lowest BCUT2D eigenvalue weighted by Crippen LogP contribution is -2.36. The van der Waals surface area contributed by atoms with Gasteiger partial charge in [-0.3, -0.25) is 19.3 Å². The number of nitrogens with one attached hydrogen (secondary N) is 1. The molecule has 0 bridgehead atoms. The lowest BCUT2D eigenvalue weighted by atomic mass is 10.1. The third-order valence-electron chi connectivity index (χ3n) is 5.61. The summed E-state index contributed by atoms with van der Waals surface area (Å²) in [6, 6.07) is 16.0. The Morgan fingerprint density at radius 3 is 2.59 bits per heavy atom. The fraction of sp³-hybridized carbons (Fsp3) is 0.179. The number of carbonyl (C=O) groups is 3. The van der Waals surface area contributed by atoms with E-state index in [1.807, 2.05) is 32.0 Å². The van der Waals surface area contributed by atoms with Gasteiger partial charge >= 0.3 is 0 Å². The van der Waals surface area contributed by atoms with Crippen LogP contribution in [0.2, 0.25) is 10.0 Å². The molecule has 11 heteroatoms. The van der Waals surface area contributed by atoms with E-state index >= 15 is 0 Å². The van der Waals surface area contributed by atoms with Gasteiger partial charge in [0.15, 0.2) is 11.5 Å². The van der Waals surface area contributed by atoms with Crippen LogP contribution in [0, 0.1) is 10.5 Å². The van der Waals surface area contributed by atoms with E-state index in [-0.39, 0.29) is 18.1 Å². The topological polar surface area (TPSA) is 84.9 Å². The van der Waals surface area contributed by atoms with E-state index in [1.54, 1.807) is 42.5 Å². The number of hydrogen-bond acceptors (Lipinski definition) is 6. The highest BCUT2D eigenvalue weighted by molar-refractivity contribution is 14.1. The van der Waals surface area contributed by atoms with Gasteiger partial charge in [-0.1, -0.05) is 47.5 Å². The van der Waals surface area contributed by atoms with Crippen LogP contribution in [-0.2, 0) is 16.2 Å². The Balaban J connectivity index is 1.50. The number of imide groups is 1. The van der Waals surface area contributed by atoms with Gasteiger partial charge in [-0.15, -0.1) is 0 Å². The van der Waals surface area contributed by atoms with Gasteiger partial charge in [-0.05, 0) is 95.7 Å². The summed E-state index contributed by atoms with van der Waals surface area (Å²) in [5.41, 5.74) is 2.92. The summed E-state index contributed by atoms with van der Waals surface area (Å²) in [7, 11) is 0. The van der Waals surface area contributed by atoms with Crippen LogP contribution >= 0.6 is 57.6 Å². The van der Waals surface area contributed by atoms with Gasteiger partial charge in [-0.2, -0.15) is 0 Å². The molecule has 1 fully saturated rings. The van der Waals surface area contributed by atoms with Crippen molar-refractivity contribution >= 4 is 86.4 Å². The highest BCUT2D eigenvalue weighted by Gasteiger charge is 2.36. The maximum Gasteiger partial charge on any atom is 0.294 e. The third-order valence-corrected chi connectivity index (χ3v) is 7.91. The average Bonchev–Trinajstić information content (AvgIpc) is 3.13. The van der Waals surface area contributed by atoms with Crippen LogP contribution < -0.4 is 14.8 Å². The average molecular weight is 697 g/mol. The van der Waals surface area contributed by atoms with E-state index in [0.29, 0.717) is 39.4 Å². The maximum absolute atomic E-state index is 13.0. The predicted octanol–water partition coefficient (Wildman–Crippen LogP) is 7.56. The van der Waals surface area contributed by atoms with Crippen molar-refractivity contribution < 1.29 is 23.9 Å². The summed E-state index contributed by atoms with van der Waals surface area (Å²) < 4.78 is 12.6. The number of ether oxygens (including phenoxy) is 2. The Hall–Kier alpha value is -2.73. The van der Waals surface area contributed by atoms with Crippen LogP contribution in [-0.4, -0.2) is 35.1 Å². The largest absolute Gasteiger partial charge is 0.490 e. The summed E-state index contributed by atoms with van der Waals surface area (Å²) >= 11 is 15.2. The van der Waals surface area contributed by atoms with Gasteiger partial charge in [0.2, 0.25) is 5.91 Å². The fourth-order valence-electron chi connectivity index (χ4n) is 3.70. The molecule has 1 N–H and O–H groups in total. The van der Waals surface area contributed by atoms with Gasteiger partial charge in [0.25, 0.3) is 11.1 Å². The van der Waals surface area contributed by atoms with Crippen molar-refractivity contribution in [2.24, 2.45) is 0 Å². The zero-order valence-electron chi connectivity index (χ0n) is 20.9. The number of para-hydroxylation sites is 1. The Labute approximate surface area is 254 Å². The molecule has 3 amide bonds. The highest BCUT2D eigenvalue weighted by Crippen LogP contribution is 2.38. The molecule has 3 aromatic carbocycles. The van der Waals surface area contributed by atoms with Crippen molar-refractivity contribution in [3.8, 4) is 11.5 Å². The standard InChI is InChI=1S/C28H23Cl2IN2O5S/c1-3-37-23-11-17(10-21(31)26(23)38-15-18-8-9-19(29)13-20(18)30)12-24-27(35)33(28(36)39-24)14-25(34)32-22-7-5-4-6-16(22)2/h4-13H,3,14-15H2,1-2H3,(H,32,34)/b24-12+. The van der Waals surface area contributed by atoms with Gasteiger partial charge in [0.05, 0.1) is 15.1 Å². The molecular weight excluding hydrogens is 674 g/mol. The van der Waals surface area contributed by atoms with Crippen molar-refractivity contribution in [1.82, 2.24) is 4.90 Å². The molecule has 0 spiro atoms. The summed E-state index contributed by atoms with van der Waals surface area (Å²) in [6.45, 7) is 3.93. The fourth-order valence-corrected chi connectivity index (χ4v) is 5.78. The van der Waals surface area contributed by atoms with Crippen molar-refractivity contribution in [2.45, 2.75) is 20.5 Å². The first-order valence-electron chi connectivity index (χ1n) is 11.8.